The first-order valence-corrected chi connectivity index (χ1v) is 7.72. The summed E-state index contributed by atoms with van der Waals surface area (Å²) < 4.78 is 13.6. The van der Waals surface area contributed by atoms with Gasteiger partial charge >= 0.3 is 11.8 Å². The van der Waals surface area contributed by atoms with E-state index >= 15 is 0 Å². The first-order chi connectivity index (χ1) is 11.3. The monoisotopic (exact) mass is 336 g/mol. The Labute approximate surface area is 139 Å². The fourth-order valence-electron chi connectivity index (χ4n) is 2.59. The minimum absolute atomic E-state index is 0.0949. The van der Waals surface area contributed by atoms with E-state index in [1.807, 2.05) is 0 Å². The number of rotatable bonds is 3. The average Bonchev–Trinajstić information content (AvgIpc) is 2.90. The van der Waals surface area contributed by atoms with Gasteiger partial charge in [-0.25, -0.2) is 4.39 Å². The fourth-order valence-corrected chi connectivity index (χ4v) is 2.59. The van der Waals surface area contributed by atoms with E-state index in [-0.39, 0.29) is 30.6 Å². The average molecular weight is 336 g/mol. The highest BCUT2D eigenvalue weighted by Crippen LogP contribution is 2.19. The molecule has 0 aliphatic carbocycles. The van der Waals surface area contributed by atoms with Crippen LogP contribution in [0.1, 0.15) is 20.3 Å². The van der Waals surface area contributed by atoms with Crippen molar-refractivity contribution in [3.8, 4) is 0 Å². The number of nitrogens with two attached hydrogens (primary N) is 1. The molecular weight excluding hydrogens is 315 g/mol. The summed E-state index contributed by atoms with van der Waals surface area (Å²) in [7, 11) is 0. The van der Waals surface area contributed by atoms with Gasteiger partial charge < -0.3 is 21.3 Å². The van der Waals surface area contributed by atoms with E-state index in [0.717, 1.165) is 4.90 Å². The molecule has 1 fully saturated rings. The van der Waals surface area contributed by atoms with Gasteiger partial charge in [0.15, 0.2) is 0 Å². The highest BCUT2D eigenvalue weighted by Gasteiger charge is 2.40. The fraction of sp³-hybridized carbons (Fsp3) is 0.438. The second-order valence-electron chi connectivity index (χ2n) is 6.07. The molecule has 1 heterocycles. The molecule has 8 heteroatoms. The molecule has 24 heavy (non-hydrogen) atoms. The van der Waals surface area contributed by atoms with Crippen LogP contribution in [0.25, 0.3) is 0 Å². The van der Waals surface area contributed by atoms with Crippen molar-refractivity contribution in [3.05, 3.63) is 30.1 Å². The normalized spacial score (nSPS) is 20.1. The van der Waals surface area contributed by atoms with Crippen molar-refractivity contribution in [2.75, 3.05) is 11.9 Å². The van der Waals surface area contributed by atoms with Crippen LogP contribution >= 0.6 is 0 Å². The van der Waals surface area contributed by atoms with Gasteiger partial charge in [-0.05, 0) is 32.4 Å². The molecule has 0 spiro atoms. The largest absolute Gasteiger partial charge is 0.352 e. The molecule has 3 amide bonds. The number of carbonyl (C=O) groups excluding carboxylic acids is 3. The van der Waals surface area contributed by atoms with Gasteiger partial charge in [0.25, 0.3) is 0 Å². The molecule has 1 aromatic carbocycles. The number of benzene rings is 1. The minimum Gasteiger partial charge on any atom is -0.352 e. The second-order valence-corrected chi connectivity index (χ2v) is 6.07. The van der Waals surface area contributed by atoms with Crippen LogP contribution in [-0.4, -0.2) is 47.3 Å². The molecule has 130 valence electrons. The van der Waals surface area contributed by atoms with Crippen LogP contribution in [0.4, 0.5) is 10.1 Å². The predicted molar refractivity (Wildman–Crippen MR) is 86.4 cm³/mol. The number of anilines is 1. The molecule has 2 rings (SSSR count). The topological polar surface area (TPSA) is 105 Å². The first kappa shape index (κ1) is 17.9. The van der Waals surface area contributed by atoms with Gasteiger partial charge in [0.2, 0.25) is 5.91 Å². The number of carbonyl (C=O) groups is 3. The van der Waals surface area contributed by atoms with Crippen molar-refractivity contribution < 1.29 is 18.8 Å². The summed E-state index contributed by atoms with van der Waals surface area (Å²) in [6.45, 7) is 3.69. The standard InChI is InChI=1S/C16H21FN4O3/c1-9(2)19-14(22)13-7-10(18)8-21(13)16(24)15(23)20-12-6-4-3-5-11(12)17/h3-6,9-10,13H,7-8,18H2,1-2H3,(H,19,22)(H,20,23)/t10-,13-/m0/s1. The van der Waals surface area contributed by atoms with Gasteiger partial charge in [0.05, 0.1) is 5.69 Å². The summed E-state index contributed by atoms with van der Waals surface area (Å²) in [6, 6.07) is 4.23. The van der Waals surface area contributed by atoms with E-state index in [1.165, 1.54) is 24.3 Å². The number of nitrogens with zero attached hydrogens (tertiary/aromatic N) is 1. The van der Waals surface area contributed by atoms with Gasteiger partial charge in [-0.15, -0.1) is 0 Å². The Morgan fingerprint density at radius 3 is 2.58 bits per heavy atom. The quantitative estimate of drug-likeness (QED) is 0.687. The number of nitrogens with one attached hydrogen (secondary N) is 2. The zero-order valence-corrected chi connectivity index (χ0v) is 13.6. The maximum atomic E-state index is 13.6. The third-order valence-corrected chi connectivity index (χ3v) is 3.64. The van der Waals surface area contributed by atoms with Gasteiger partial charge in [-0.1, -0.05) is 12.1 Å². The Morgan fingerprint density at radius 1 is 1.29 bits per heavy atom. The lowest BCUT2D eigenvalue weighted by Gasteiger charge is -2.24. The maximum Gasteiger partial charge on any atom is 0.314 e. The van der Waals surface area contributed by atoms with E-state index in [9.17, 15) is 18.8 Å². The summed E-state index contributed by atoms with van der Waals surface area (Å²) in [6.07, 6.45) is 0.275. The number of hydrogen-bond donors (Lipinski definition) is 3. The van der Waals surface area contributed by atoms with E-state index in [1.54, 1.807) is 13.8 Å². The van der Waals surface area contributed by atoms with Crippen LogP contribution in [-0.2, 0) is 14.4 Å². The highest BCUT2D eigenvalue weighted by atomic mass is 19.1. The van der Waals surface area contributed by atoms with Crippen LogP contribution in [0.3, 0.4) is 0 Å². The van der Waals surface area contributed by atoms with Crippen LogP contribution in [0, 0.1) is 5.82 Å². The third-order valence-electron chi connectivity index (χ3n) is 3.64. The Hall–Kier alpha value is -2.48. The lowest BCUT2D eigenvalue weighted by atomic mass is 10.1. The van der Waals surface area contributed by atoms with Crippen molar-refractivity contribution in [1.29, 1.82) is 0 Å². The molecule has 4 N–H and O–H groups in total. The molecule has 0 bridgehead atoms. The van der Waals surface area contributed by atoms with E-state index in [2.05, 4.69) is 10.6 Å². The molecule has 1 aliphatic heterocycles. The molecule has 1 saturated heterocycles. The summed E-state index contributed by atoms with van der Waals surface area (Å²) in [5.41, 5.74) is 5.74. The SMILES string of the molecule is CC(C)NC(=O)[C@@H]1C[C@H](N)CN1C(=O)C(=O)Nc1ccccc1F. The molecule has 0 unspecified atom stereocenters. The molecule has 0 saturated carbocycles. The number of para-hydroxylation sites is 1. The Bertz CT molecular complexity index is 650. The molecule has 1 aliphatic rings. The molecule has 0 radical (unpaired) electrons. The van der Waals surface area contributed by atoms with Gasteiger partial charge in [-0.2, -0.15) is 0 Å². The van der Waals surface area contributed by atoms with Gasteiger partial charge in [-0.3, -0.25) is 14.4 Å². The smallest absolute Gasteiger partial charge is 0.314 e. The second kappa shape index (κ2) is 7.39. The van der Waals surface area contributed by atoms with E-state index in [0.29, 0.717) is 0 Å². The van der Waals surface area contributed by atoms with Crippen molar-refractivity contribution in [2.45, 2.75) is 38.4 Å². The van der Waals surface area contributed by atoms with Crippen molar-refractivity contribution >= 4 is 23.4 Å². The predicted octanol–water partition coefficient (Wildman–Crippen LogP) is 0.217. The zero-order valence-electron chi connectivity index (χ0n) is 13.6. The Kier molecular flexibility index (Phi) is 5.50. The summed E-state index contributed by atoms with van der Waals surface area (Å²) in [4.78, 5) is 37.8. The molecular formula is C16H21FN4O3. The summed E-state index contributed by atoms with van der Waals surface area (Å²) in [5, 5.41) is 4.93. The van der Waals surface area contributed by atoms with E-state index in [4.69, 9.17) is 5.73 Å². The number of amides is 3. The lowest BCUT2D eigenvalue weighted by molar-refractivity contribution is -0.146. The van der Waals surface area contributed by atoms with Crippen molar-refractivity contribution in [1.82, 2.24) is 10.2 Å². The Morgan fingerprint density at radius 2 is 1.96 bits per heavy atom. The summed E-state index contributed by atoms with van der Waals surface area (Å²) >= 11 is 0. The third kappa shape index (κ3) is 4.08. The van der Waals surface area contributed by atoms with Crippen LogP contribution in [0.2, 0.25) is 0 Å². The van der Waals surface area contributed by atoms with Crippen LogP contribution in [0.15, 0.2) is 24.3 Å². The lowest BCUT2D eigenvalue weighted by Crippen LogP contribution is -2.50. The molecule has 2 atom stereocenters. The van der Waals surface area contributed by atoms with Crippen molar-refractivity contribution in [3.63, 3.8) is 0 Å². The summed E-state index contributed by atoms with van der Waals surface area (Å²) in [5.74, 6) is -2.91. The molecule has 1 aromatic rings. The van der Waals surface area contributed by atoms with Crippen molar-refractivity contribution in [2.24, 2.45) is 5.73 Å². The van der Waals surface area contributed by atoms with Crippen LogP contribution in [0.5, 0.6) is 0 Å². The number of likely N-dealkylation sites (tertiary alicyclic amines) is 1. The van der Waals surface area contributed by atoms with Gasteiger partial charge in [0, 0.05) is 18.6 Å². The highest BCUT2D eigenvalue weighted by molar-refractivity contribution is 6.40. The number of hydrogen-bond acceptors (Lipinski definition) is 4. The molecule has 0 aromatic heterocycles. The molecule has 7 nitrogen and oxygen atoms in total. The first-order valence-electron chi connectivity index (χ1n) is 7.72. The Balaban J connectivity index is 2.10. The minimum atomic E-state index is -1.00. The van der Waals surface area contributed by atoms with E-state index < -0.39 is 29.7 Å². The van der Waals surface area contributed by atoms with Crippen LogP contribution < -0.4 is 16.4 Å². The number of halogens is 1. The van der Waals surface area contributed by atoms with Gasteiger partial charge in [0.1, 0.15) is 11.9 Å². The zero-order chi connectivity index (χ0) is 17.9. The maximum absolute atomic E-state index is 13.6.